The predicted molar refractivity (Wildman–Crippen MR) is 112 cm³/mol. The molecule has 3 rings (SSSR count). The molecule has 0 spiro atoms. The van der Waals surface area contributed by atoms with Crippen molar-refractivity contribution in [3.63, 3.8) is 0 Å². The third-order valence-corrected chi connectivity index (χ3v) is 6.07. The zero-order chi connectivity index (χ0) is 22.2. The van der Waals surface area contributed by atoms with Gasteiger partial charge in [0.05, 0.1) is 21.9 Å². The fourth-order valence-electron chi connectivity index (χ4n) is 4.14. The molecule has 30 heavy (non-hydrogen) atoms. The third-order valence-electron chi connectivity index (χ3n) is 5.20. The molecule has 0 unspecified atom stereocenters. The van der Waals surface area contributed by atoms with Crippen molar-refractivity contribution in [2.75, 3.05) is 0 Å². The van der Waals surface area contributed by atoms with E-state index in [0.717, 1.165) is 5.75 Å². The van der Waals surface area contributed by atoms with Gasteiger partial charge >= 0.3 is 5.97 Å². The number of hydroxylamine groups is 2. The third kappa shape index (κ3) is 5.00. The molecule has 0 saturated carbocycles. The summed E-state index contributed by atoms with van der Waals surface area (Å²) in [6, 6.07) is 14.6. The van der Waals surface area contributed by atoms with Crippen LogP contribution >= 0.6 is 0 Å². The number of hydrogen-bond donors (Lipinski definition) is 1. The first kappa shape index (κ1) is 22.3. The minimum atomic E-state index is -4.29. The van der Waals surface area contributed by atoms with Crippen LogP contribution in [0.5, 0.6) is 11.5 Å². The fraction of sp³-hybridized carbons (Fsp3) is 0.409. The van der Waals surface area contributed by atoms with Gasteiger partial charge in [-0.3, -0.25) is 9.35 Å². The SMILES string of the molecule is CC1(C)CC(C(=O)Oc2ccc(S(=O)(=O)O)cc2)CC(C)(C)N1Oc1ccccc1. The Balaban J connectivity index is 1.73. The van der Waals surface area contributed by atoms with E-state index in [4.69, 9.17) is 14.1 Å². The van der Waals surface area contributed by atoms with Crippen molar-refractivity contribution < 1.29 is 27.3 Å². The monoisotopic (exact) mass is 433 g/mol. The molecule has 0 bridgehead atoms. The van der Waals surface area contributed by atoms with Gasteiger partial charge in [0.25, 0.3) is 10.1 Å². The van der Waals surface area contributed by atoms with E-state index < -0.39 is 21.2 Å². The van der Waals surface area contributed by atoms with Crippen LogP contribution in [0.3, 0.4) is 0 Å². The molecule has 1 heterocycles. The Morgan fingerprint density at radius 1 is 0.933 bits per heavy atom. The molecule has 0 aromatic heterocycles. The average molecular weight is 434 g/mol. The summed E-state index contributed by atoms with van der Waals surface area (Å²) in [5, 5.41) is 1.94. The summed E-state index contributed by atoms with van der Waals surface area (Å²) in [6.45, 7) is 8.10. The first-order valence-electron chi connectivity index (χ1n) is 9.71. The summed E-state index contributed by atoms with van der Waals surface area (Å²) in [6.07, 6.45) is 1.07. The molecule has 2 aromatic carbocycles. The van der Waals surface area contributed by atoms with Crippen molar-refractivity contribution in [2.45, 2.75) is 56.5 Å². The van der Waals surface area contributed by atoms with Crippen molar-refractivity contribution >= 4 is 16.1 Å². The minimum absolute atomic E-state index is 0.228. The maximum Gasteiger partial charge on any atom is 0.314 e. The van der Waals surface area contributed by atoms with Crippen molar-refractivity contribution in [1.29, 1.82) is 0 Å². The second kappa shape index (κ2) is 8.02. The molecule has 1 N–H and O–H groups in total. The smallest absolute Gasteiger partial charge is 0.314 e. The standard InChI is InChI=1S/C22H27NO6S/c1-21(2)14-16(15-22(3,4)23(21)29-18-8-6-5-7-9-18)20(24)28-17-10-12-19(13-11-17)30(25,26)27/h5-13,16H,14-15H2,1-4H3,(H,25,26,27). The van der Waals surface area contributed by atoms with Crippen molar-refractivity contribution in [1.82, 2.24) is 5.06 Å². The highest BCUT2D eigenvalue weighted by molar-refractivity contribution is 7.85. The van der Waals surface area contributed by atoms with Gasteiger partial charge in [0.1, 0.15) is 11.5 Å². The van der Waals surface area contributed by atoms with E-state index in [9.17, 15) is 13.2 Å². The molecule has 0 aliphatic carbocycles. The Kier molecular flexibility index (Phi) is 5.95. The molecular formula is C22H27NO6S. The lowest BCUT2D eigenvalue weighted by molar-refractivity contribution is -0.228. The van der Waals surface area contributed by atoms with Gasteiger partial charge in [-0.25, -0.2) is 0 Å². The Morgan fingerprint density at radius 3 is 1.97 bits per heavy atom. The van der Waals surface area contributed by atoms with Crippen LogP contribution in [0.15, 0.2) is 59.5 Å². The van der Waals surface area contributed by atoms with Crippen LogP contribution in [0.4, 0.5) is 0 Å². The van der Waals surface area contributed by atoms with Gasteiger partial charge in [0, 0.05) is 0 Å². The highest BCUT2D eigenvalue weighted by Crippen LogP contribution is 2.42. The van der Waals surface area contributed by atoms with E-state index in [2.05, 4.69) is 0 Å². The van der Waals surface area contributed by atoms with Crippen LogP contribution in [0.25, 0.3) is 0 Å². The molecule has 0 atom stereocenters. The average Bonchev–Trinajstić information content (AvgIpc) is 2.64. The van der Waals surface area contributed by atoms with Crippen molar-refractivity contribution in [3.05, 3.63) is 54.6 Å². The topological polar surface area (TPSA) is 93.1 Å². The predicted octanol–water partition coefficient (Wildman–Crippen LogP) is 4.10. The van der Waals surface area contributed by atoms with E-state index in [1.165, 1.54) is 24.3 Å². The number of benzene rings is 2. The number of esters is 1. The van der Waals surface area contributed by atoms with Crippen LogP contribution in [0.1, 0.15) is 40.5 Å². The first-order valence-corrected chi connectivity index (χ1v) is 11.2. The number of nitrogens with zero attached hydrogens (tertiary/aromatic N) is 1. The molecule has 1 saturated heterocycles. The Labute approximate surface area is 177 Å². The molecule has 0 amide bonds. The van der Waals surface area contributed by atoms with Gasteiger partial charge in [-0.15, -0.1) is 5.06 Å². The lowest BCUT2D eigenvalue weighted by Gasteiger charge is -2.52. The van der Waals surface area contributed by atoms with Crippen molar-refractivity contribution in [2.24, 2.45) is 5.92 Å². The van der Waals surface area contributed by atoms with E-state index in [1.807, 2.05) is 63.1 Å². The number of hydrogen-bond acceptors (Lipinski definition) is 6. The highest BCUT2D eigenvalue weighted by Gasteiger charge is 2.49. The Hall–Kier alpha value is -2.42. The maximum absolute atomic E-state index is 12.8. The summed E-state index contributed by atoms with van der Waals surface area (Å²) in [5.41, 5.74) is -0.869. The molecule has 0 radical (unpaired) electrons. The number of carbonyl (C=O) groups is 1. The van der Waals surface area contributed by atoms with Crippen LogP contribution in [0, 0.1) is 5.92 Å². The lowest BCUT2D eigenvalue weighted by atomic mass is 9.75. The first-order chi connectivity index (χ1) is 13.9. The van der Waals surface area contributed by atoms with E-state index in [1.54, 1.807) is 0 Å². The number of rotatable bonds is 5. The molecule has 2 aromatic rings. The number of carbonyl (C=O) groups excluding carboxylic acids is 1. The summed E-state index contributed by atoms with van der Waals surface area (Å²) < 4.78 is 36.8. The van der Waals surface area contributed by atoms with Crippen LogP contribution in [0.2, 0.25) is 0 Å². The minimum Gasteiger partial charge on any atom is -0.426 e. The number of ether oxygens (including phenoxy) is 1. The lowest BCUT2D eigenvalue weighted by Crippen LogP contribution is -2.63. The molecule has 162 valence electrons. The molecule has 1 aliphatic rings. The van der Waals surface area contributed by atoms with Gasteiger partial charge in [-0.1, -0.05) is 18.2 Å². The summed E-state index contributed by atoms with van der Waals surface area (Å²) >= 11 is 0. The van der Waals surface area contributed by atoms with E-state index in [0.29, 0.717) is 12.8 Å². The zero-order valence-electron chi connectivity index (χ0n) is 17.5. The molecule has 7 nitrogen and oxygen atoms in total. The number of para-hydroxylation sites is 1. The van der Waals surface area contributed by atoms with E-state index >= 15 is 0 Å². The number of piperidine rings is 1. The van der Waals surface area contributed by atoms with Gasteiger partial charge in [-0.2, -0.15) is 8.42 Å². The molecular weight excluding hydrogens is 406 g/mol. The largest absolute Gasteiger partial charge is 0.426 e. The zero-order valence-corrected chi connectivity index (χ0v) is 18.3. The van der Waals surface area contributed by atoms with Gasteiger partial charge in [0.15, 0.2) is 0 Å². The quantitative estimate of drug-likeness (QED) is 0.431. The molecule has 8 heteroatoms. The maximum atomic E-state index is 12.8. The molecule has 1 aliphatic heterocycles. The van der Waals surface area contributed by atoms with Crippen LogP contribution in [-0.2, 0) is 14.9 Å². The Morgan fingerprint density at radius 2 is 1.47 bits per heavy atom. The van der Waals surface area contributed by atoms with Gasteiger partial charge in [0.2, 0.25) is 0 Å². The normalized spacial score (nSPS) is 19.2. The van der Waals surface area contributed by atoms with Gasteiger partial charge < -0.3 is 9.57 Å². The summed E-state index contributed by atoms with van der Waals surface area (Å²) in [7, 11) is -4.29. The summed E-state index contributed by atoms with van der Waals surface area (Å²) in [4.78, 5) is 18.8. The fourth-order valence-corrected chi connectivity index (χ4v) is 4.62. The van der Waals surface area contributed by atoms with Gasteiger partial charge in [-0.05, 0) is 76.9 Å². The van der Waals surface area contributed by atoms with Crippen LogP contribution < -0.4 is 9.57 Å². The Bertz CT molecular complexity index is 982. The highest BCUT2D eigenvalue weighted by atomic mass is 32.2. The van der Waals surface area contributed by atoms with E-state index in [-0.39, 0.29) is 22.5 Å². The second-order valence-corrected chi connectivity index (χ2v) is 10.2. The van der Waals surface area contributed by atoms with Crippen molar-refractivity contribution in [3.8, 4) is 11.5 Å². The molecule has 1 fully saturated rings. The van der Waals surface area contributed by atoms with Crippen LogP contribution in [-0.4, -0.2) is 35.1 Å². The second-order valence-electron chi connectivity index (χ2n) is 8.80. The summed E-state index contributed by atoms with van der Waals surface area (Å²) in [5.74, 6) is 0.228.